The summed E-state index contributed by atoms with van der Waals surface area (Å²) in [5.74, 6) is -1.39. The third kappa shape index (κ3) is 3.33. The fourth-order valence-electron chi connectivity index (χ4n) is 1.56. The summed E-state index contributed by atoms with van der Waals surface area (Å²) in [5, 5.41) is 12.0. The van der Waals surface area contributed by atoms with Gasteiger partial charge in [-0.3, -0.25) is 4.79 Å². The number of carboxylic acid groups (broad SMARTS) is 1. The number of hydrogen-bond donors (Lipinski definition) is 2. The number of aromatic carboxylic acids is 1. The summed E-state index contributed by atoms with van der Waals surface area (Å²) in [6.45, 7) is 0. The summed E-state index contributed by atoms with van der Waals surface area (Å²) in [5.41, 5.74) is 0.946. The second kappa shape index (κ2) is 5.54. The minimum atomic E-state index is -1.04. The van der Waals surface area contributed by atoms with Crippen molar-refractivity contribution in [3.05, 3.63) is 64.7 Å². The van der Waals surface area contributed by atoms with E-state index in [0.29, 0.717) is 16.3 Å². The molecule has 0 saturated heterocycles. The second-order valence-corrected chi connectivity index (χ2v) is 4.29. The molecule has 0 bridgehead atoms. The van der Waals surface area contributed by atoms with E-state index in [-0.39, 0.29) is 11.5 Å². The molecule has 0 saturated carbocycles. The number of rotatable bonds is 3. The average molecular weight is 276 g/mol. The molecule has 0 heterocycles. The zero-order valence-corrected chi connectivity index (χ0v) is 10.5. The van der Waals surface area contributed by atoms with Gasteiger partial charge in [0.1, 0.15) is 0 Å². The molecule has 0 aliphatic heterocycles. The van der Waals surface area contributed by atoms with E-state index in [9.17, 15) is 9.59 Å². The van der Waals surface area contributed by atoms with Gasteiger partial charge in [0.15, 0.2) is 0 Å². The quantitative estimate of drug-likeness (QED) is 0.903. The number of benzene rings is 2. The molecule has 4 nitrogen and oxygen atoms in total. The van der Waals surface area contributed by atoms with Crippen LogP contribution in [0.15, 0.2) is 48.5 Å². The molecular weight excluding hydrogens is 266 g/mol. The van der Waals surface area contributed by atoms with Crippen molar-refractivity contribution in [2.75, 3.05) is 5.32 Å². The molecule has 0 atom stereocenters. The summed E-state index contributed by atoms with van der Waals surface area (Å²) < 4.78 is 0. The Labute approximate surface area is 114 Å². The monoisotopic (exact) mass is 275 g/mol. The zero-order chi connectivity index (χ0) is 13.8. The van der Waals surface area contributed by atoms with Gasteiger partial charge < -0.3 is 10.4 Å². The Kier molecular flexibility index (Phi) is 3.82. The highest BCUT2D eigenvalue weighted by Crippen LogP contribution is 2.15. The van der Waals surface area contributed by atoms with Crippen LogP contribution in [-0.2, 0) is 0 Å². The summed E-state index contributed by atoms with van der Waals surface area (Å²) in [4.78, 5) is 22.8. The SMILES string of the molecule is O=C(O)c1cccc(NC(=O)c2cccc(Cl)c2)c1. The fourth-order valence-corrected chi connectivity index (χ4v) is 1.75. The molecule has 2 N–H and O–H groups in total. The lowest BCUT2D eigenvalue weighted by atomic mass is 10.2. The molecule has 0 unspecified atom stereocenters. The van der Waals surface area contributed by atoms with Gasteiger partial charge in [-0.05, 0) is 36.4 Å². The van der Waals surface area contributed by atoms with Crippen molar-refractivity contribution >= 4 is 29.2 Å². The number of amides is 1. The van der Waals surface area contributed by atoms with Crippen LogP contribution in [0.1, 0.15) is 20.7 Å². The van der Waals surface area contributed by atoms with E-state index in [2.05, 4.69) is 5.32 Å². The maximum atomic E-state index is 11.9. The topological polar surface area (TPSA) is 66.4 Å². The Morgan fingerprint density at radius 2 is 1.68 bits per heavy atom. The molecule has 0 spiro atoms. The van der Waals surface area contributed by atoms with Crippen LogP contribution in [0.3, 0.4) is 0 Å². The maximum absolute atomic E-state index is 11.9. The van der Waals surface area contributed by atoms with Crippen LogP contribution in [0.25, 0.3) is 0 Å². The first-order valence-corrected chi connectivity index (χ1v) is 5.84. The van der Waals surface area contributed by atoms with Crippen LogP contribution in [0.2, 0.25) is 5.02 Å². The first kappa shape index (κ1) is 13.1. The Bertz CT molecular complexity index is 640. The van der Waals surface area contributed by atoms with Crippen LogP contribution >= 0.6 is 11.6 Å². The average Bonchev–Trinajstić information content (AvgIpc) is 2.39. The summed E-state index contributed by atoms with van der Waals surface area (Å²) >= 11 is 5.80. The largest absolute Gasteiger partial charge is 0.478 e. The van der Waals surface area contributed by atoms with Crippen molar-refractivity contribution < 1.29 is 14.7 Å². The van der Waals surface area contributed by atoms with E-state index in [4.69, 9.17) is 16.7 Å². The fraction of sp³-hybridized carbons (Fsp3) is 0. The predicted molar refractivity (Wildman–Crippen MR) is 72.8 cm³/mol. The maximum Gasteiger partial charge on any atom is 0.335 e. The number of carbonyl (C=O) groups is 2. The van der Waals surface area contributed by atoms with Crippen molar-refractivity contribution in [1.82, 2.24) is 0 Å². The highest BCUT2D eigenvalue weighted by atomic mass is 35.5. The third-order valence-corrected chi connectivity index (χ3v) is 2.69. The number of halogens is 1. The minimum Gasteiger partial charge on any atom is -0.478 e. The molecule has 2 aromatic carbocycles. The summed E-state index contributed by atoms with van der Waals surface area (Å²) in [7, 11) is 0. The number of anilines is 1. The molecule has 2 rings (SSSR count). The molecule has 0 fully saturated rings. The van der Waals surface area contributed by atoms with Gasteiger partial charge in [0.05, 0.1) is 5.56 Å². The first-order valence-electron chi connectivity index (χ1n) is 5.46. The summed E-state index contributed by atoms with van der Waals surface area (Å²) in [6, 6.07) is 12.5. The second-order valence-electron chi connectivity index (χ2n) is 3.85. The molecule has 1 amide bonds. The van der Waals surface area contributed by atoms with E-state index < -0.39 is 5.97 Å². The Morgan fingerprint density at radius 3 is 2.37 bits per heavy atom. The molecule has 5 heteroatoms. The van der Waals surface area contributed by atoms with Gasteiger partial charge in [0.25, 0.3) is 5.91 Å². The van der Waals surface area contributed by atoms with E-state index in [1.165, 1.54) is 18.2 Å². The van der Waals surface area contributed by atoms with Crippen LogP contribution in [0, 0.1) is 0 Å². The molecule has 0 aromatic heterocycles. The van der Waals surface area contributed by atoms with Crippen molar-refractivity contribution in [2.45, 2.75) is 0 Å². The molecule has 2 aromatic rings. The van der Waals surface area contributed by atoms with Crippen molar-refractivity contribution in [2.24, 2.45) is 0 Å². The first-order chi connectivity index (χ1) is 9.06. The Hall–Kier alpha value is -2.33. The van der Waals surface area contributed by atoms with Gasteiger partial charge in [-0.1, -0.05) is 23.7 Å². The van der Waals surface area contributed by atoms with Gasteiger partial charge in [-0.2, -0.15) is 0 Å². The highest BCUT2D eigenvalue weighted by Gasteiger charge is 2.08. The lowest BCUT2D eigenvalue weighted by Gasteiger charge is -2.06. The van der Waals surface area contributed by atoms with Crippen LogP contribution in [0.4, 0.5) is 5.69 Å². The van der Waals surface area contributed by atoms with E-state index in [1.807, 2.05) is 0 Å². The number of nitrogens with one attached hydrogen (secondary N) is 1. The molecule has 96 valence electrons. The number of carbonyl (C=O) groups excluding carboxylic acids is 1. The van der Waals surface area contributed by atoms with E-state index in [1.54, 1.807) is 30.3 Å². The molecule has 0 aliphatic rings. The van der Waals surface area contributed by atoms with Crippen molar-refractivity contribution in [3.8, 4) is 0 Å². The highest BCUT2D eigenvalue weighted by molar-refractivity contribution is 6.31. The lowest BCUT2D eigenvalue weighted by molar-refractivity contribution is 0.0696. The number of carboxylic acids is 1. The van der Waals surface area contributed by atoms with Gasteiger partial charge in [-0.15, -0.1) is 0 Å². The van der Waals surface area contributed by atoms with E-state index in [0.717, 1.165) is 0 Å². The standard InChI is InChI=1S/C14H10ClNO3/c15-11-5-1-3-9(7-11)13(17)16-12-6-2-4-10(8-12)14(18)19/h1-8H,(H,16,17)(H,18,19). The molecular formula is C14H10ClNO3. The zero-order valence-electron chi connectivity index (χ0n) is 9.76. The van der Waals surface area contributed by atoms with Gasteiger partial charge in [-0.25, -0.2) is 4.79 Å². The third-order valence-electron chi connectivity index (χ3n) is 2.45. The van der Waals surface area contributed by atoms with Crippen LogP contribution in [-0.4, -0.2) is 17.0 Å². The van der Waals surface area contributed by atoms with Crippen LogP contribution < -0.4 is 5.32 Å². The van der Waals surface area contributed by atoms with E-state index >= 15 is 0 Å². The normalized spacial score (nSPS) is 9.95. The lowest BCUT2D eigenvalue weighted by Crippen LogP contribution is -2.12. The van der Waals surface area contributed by atoms with Crippen molar-refractivity contribution in [3.63, 3.8) is 0 Å². The summed E-state index contributed by atoms with van der Waals surface area (Å²) in [6.07, 6.45) is 0. The Morgan fingerprint density at radius 1 is 1.00 bits per heavy atom. The molecule has 19 heavy (non-hydrogen) atoms. The smallest absolute Gasteiger partial charge is 0.335 e. The molecule has 0 radical (unpaired) electrons. The predicted octanol–water partition coefficient (Wildman–Crippen LogP) is 3.29. The minimum absolute atomic E-state index is 0.115. The van der Waals surface area contributed by atoms with Crippen molar-refractivity contribution in [1.29, 1.82) is 0 Å². The van der Waals surface area contributed by atoms with Crippen LogP contribution in [0.5, 0.6) is 0 Å². The van der Waals surface area contributed by atoms with Gasteiger partial charge >= 0.3 is 5.97 Å². The van der Waals surface area contributed by atoms with Gasteiger partial charge in [0.2, 0.25) is 0 Å². The van der Waals surface area contributed by atoms with Gasteiger partial charge in [0, 0.05) is 16.3 Å². The molecule has 0 aliphatic carbocycles. The number of hydrogen-bond acceptors (Lipinski definition) is 2. The Balaban J connectivity index is 2.19.